The van der Waals surface area contributed by atoms with Crippen LogP contribution >= 0.6 is 11.3 Å². The third-order valence-corrected chi connectivity index (χ3v) is 6.29. The number of aromatic nitrogens is 3. The average molecular weight is 388 g/mol. The van der Waals surface area contributed by atoms with Crippen molar-refractivity contribution in [2.75, 3.05) is 5.32 Å². The zero-order valence-electron chi connectivity index (χ0n) is 15.7. The second-order valence-corrected chi connectivity index (χ2v) is 8.48. The maximum atomic E-state index is 12.5. The van der Waals surface area contributed by atoms with E-state index in [1.165, 1.54) is 10.3 Å². The molecule has 1 fully saturated rings. The van der Waals surface area contributed by atoms with E-state index in [2.05, 4.69) is 35.5 Å². The molecule has 2 aromatic heterocycles. The van der Waals surface area contributed by atoms with Gasteiger partial charge >= 0.3 is 0 Å². The molecule has 1 saturated carbocycles. The summed E-state index contributed by atoms with van der Waals surface area (Å²) < 4.78 is 2.98. The first-order chi connectivity index (χ1) is 13.6. The monoisotopic (exact) mass is 388 g/mol. The highest BCUT2D eigenvalue weighted by atomic mass is 32.1. The molecule has 5 rings (SSSR count). The summed E-state index contributed by atoms with van der Waals surface area (Å²) in [5.41, 5.74) is 5.30. The number of nitrogens with zero attached hydrogens (tertiary/aromatic N) is 3. The number of rotatable bonds is 4. The fourth-order valence-corrected chi connectivity index (χ4v) is 4.64. The van der Waals surface area contributed by atoms with Gasteiger partial charge in [-0.1, -0.05) is 6.07 Å². The zero-order valence-corrected chi connectivity index (χ0v) is 16.5. The Bertz CT molecular complexity index is 1170. The van der Waals surface area contributed by atoms with Crippen LogP contribution in [-0.2, 0) is 11.8 Å². The topological polar surface area (TPSA) is 59.8 Å². The van der Waals surface area contributed by atoms with Gasteiger partial charge in [0.1, 0.15) is 5.01 Å². The maximum absolute atomic E-state index is 12.5. The number of hydrogen-bond donors (Lipinski definition) is 1. The first-order valence-electron chi connectivity index (χ1n) is 9.34. The lowest BCUT2D eigenvalue weighted by molar-refractivity contribution is -0.117. The standard InChI is InChI=1S/C22H20N4OS/c1-13-3-8-19-20(9-13)28-22(25-19)14-4-6-16(7-5-14)24-21(27)18-10-17(18)15-11-23-26(2)12-15/h3-9,11-12,17-18H,10H2,1-2H3,(H,24,27). The van der Waals surface area contributed by atoms with Crippen molar-refractivity contribution in [3.05, 3.63) is 66.0 Å². The lowest BCUT2D eigenvalue weighted by Gasteiger charge is -2.05. The first-order valence-corrected chi connectivity index (χ1v) is 10.2. The number of hydrogen-bond acceptors (Lipinski definition) is 4. The minimum absolute atomic E-state index is 0.0383. The maximum Gasteiger partial charge on any atom is 0.228 e. The van der Waals surface area contributed by atoms with Gasteiger partial charge in [-0.15, -0.1) is 11.3 Å². The number of nitrogens with one attached hydrogen (secondary N) is 1. The SMILES string of the molecule is Cc1ccc2nc(-c3ccc(NC(=O)C4CC4c4cnn(C)c4)cc3)sc2c1. The van der Waals surface area contributed by atoms with Crippen molar-refractivity contribution < 1.29 is 4.79 Å². The molecule has 0 saturated heterocycles. The number of carbonyl (C=O) groups excluding carboxylic acids is 1. The predicted octanol–water partition coefficient (Wildman–Crippen LogP) is 4.75. The molecule has 0 aliphatic heterocycles. The highest BCUT2D eigenvalue weighted by Gasteiger charge is 2.44. The second kappa shape index (κ2) is 6.56. The Kier molecular flexibility index (Phi) is 4.02. The van der Waals surface area contributed by atoms with E-state index in [0.717, 1.165) is 33.8 Å². The van der Waals surface area contributed by atoms with Crippen molar-refractivity contribution in [1.82, 2.24) is 14.8 Å². The molecule has 2 heterocycles. The van der Waals surface area contributed by atoms with E-state index in [1.807, 2.05) is 43.7 Å². The summed E-state index contributed by atoms with van der Waals surface area (Å²) in [5.74, 6) is 0.410. The van der Waals surface area contributed by atoms with Gasteiger partial charge in [-0.2, -0.15) is 5.10 Å². The molecule has 0 bridgehead atoms. The van der Waals surface area contributed by atoms with Crippen molar-refractivity contribution >= 4 is 33.1 Å². The van der Waals surface area contributed by atoms with Crippen LogP contribution in [0.5, 0.6) is 0 Å². The van der Waals surface area contributed by atoms with Crippen LogP contribution in [0.15, 0.2) is 54.9 Å². The zero-order chi connectivity index (χ0) is 19.3. The van der Waals surface area contributed by atoms with E-state index in [0.29, 0.717) is 5.92 Å². The van der Waals surface area contributed by atoms with Crippen molar-refractivity contribution in [1.29, 1.82) is 0 Å². The molecule has 1 N–H and O–H groups in total. The lowest BCUT2D eigenvalue weighted by atomic mass is 10.2. The first kappa shape index (κ1) is 17.1. The lowest BCUT2D eigenvalue weighted by Crippen LogP contribution is -2.14. The summed E-state index contributed by atoms with van der Waals surface area (Å²) in [5, 5.41) is 8.23. The number of thiazole rings is 1. The van der Waals surface area contributed by atoms with Crippen LogP contribution in [0, 0.1) is 12.8 Å². The van der Waals surface area contributed by atoms with Crippen LogP contribution < -0.4 is 5.32 Å². The summed E-state index contributed by atoms with van der Waals surface area (Å²) >= 11 is 1.69. The van der Waals surface area contributed by atoms with Gasteiger partial charge in [-0.25, -0.2) is 4.98 Å². The van der Waals surface area contributed by atoms with Gasteiger partial charge in [-0.3, -0.25) is 9.48 Å². The molecule has 0 spiro atoms. The molecule has 6 heteroatoms. The van der Waals surface area contributed by atoms with Crippen molar-refractivity contribution in [2.45, 2.75) is 19.3 Å². The Morgan fingerprint density at radius 1 is 1.21 bits per heavy atom. The smallest absolute Gasteiger partial charge is 0.228 e. The van der Waals surface area contributed by atoms with Gasteiger partial charge in [-0.05, 0) is 66.8 Å². The second-order valence-electron chi connectivity index (χ2n) is 7.45. The number of aryl methyl sites for hydroxylation is 2. The molecule has 28 heavy (non-hydrogen) atoms. The largest absolute Gasteiger partial charge is 0.326 e. The number of amides is 1. The molecule has 1 aliphatic carbocycles. The van der Waals surface area contributed by atoms with E-state index >= 15 is 0 Å². The van der Waals surface area contributed by atoms with Crippen LogP contribution in [-0.4, -0.2) is 20.7 Å². The Labute approximate surface area is 167 Å². The fraction of sp³-hybridized carbons (Fsp3) is 0.227. The number of fused-ring (bicyclic) bond motifs is 1. The van der Waals surface area contributed by atoms with Gasteiger partial charge in [0.25, 0.3) is 0 Å². The number of benzene rings is 2. The highest BCUT2D eigenvalue weighted by Crippen LogP contribution is 2.47. The van der Waals surface area contributed by atoms with Crippen LogP contribution in [0.1, 0.15) is 23.5 Å². The molecule has 2 aromatic carbocycles. The Morgan fingerprint density at radius 3 is 2.79 bits per heavy atom. The predicted molar refractivity (Wildman–Crippen MR) is 112 cm³/mol. The molecule has 2 unspecified atom stereocenters. The minimum Gasteiger partial charge on any atom is -0.326 e. The van der Waals surface area contributed by atoms with E-state index in [-0.39, 0.29) is 11.8 Å². The summed E-state index contributed by atoms with van der Waals surface area (Å²) in [4.78, 5) is 17.2. The molecule has 0 radical (unpaired) electrons. The van der Waals surface area contributed by atoms with Crippen LogP contribution in [0.25, 0.3) is 20.8 Å². The molecular weight excluding hydrogens is 368 g/mol. The molecule has 2 atom stereocenters. The summed E-state index contributed by atoms with van der Waals surface area (Å²) in [6.45, 7) is 2.09. The van der Waals surface area contributed by atoms with E-state index in [1.54, 1.807) is 16.0 Å². The third kappa shape index (κ3) is 3.20. The van der Waals surface area contributed by atoms with Gasteiger partial charge in [0.05, 0.1) is 16.4 Å². The van der Waals surface area contributed by atoms with Gasteiger partial charge in [0, 0.05) is 30.4 Å². The van der Waals surface area contributed by atoms with Gasteiger partial charge in [0.2, 0.25) is 5.91 Å². The number of carbonyl (C=O) groups is 1. The van der Waals surface area contributed by atoms with E-state index in [4.69, 9.17) is 4.98 Å². The molecule has 140 valence electrons. The number of anilines is 1. The fourth-order valence-electron chi connectivity index (χ4n) is 3.57. The third-order valence-electron chi connectivity index (χ3n) is 5.22. The van der Waals surface area contributed by atoms with Crippen molar-refractivity contribution in [2.24, 2.45) is 13.0 Å². The molecule has 1 aliphatic rings. The van der Waals surface area contributed by atoms with Gasteiger partial charge < -0.3 is 5.32 Å². The van der Waals surface area contributed by atoms with E-state index in [9.17, 15) is 4.79 Å². The average Bonchev–Trinajstić information content (AvgIpc) is 3.19. The molecule has 5 nitrogen and oxygen atoms in total. The Morgan fingerprint density at radius 2 is 2.04 bits per heavy atom. The van der Waals surface area contributed by atoms with E-state index < -0.39 is 0 Å². The van der Waals surface area contributed by atoms with Crippen LogP contribution in [0.2, 0.25) is 0 Å². The van der Waals surface area contributed by atoms with Gasteiger partial charge in [0.15, 0.2) is 0 Å². The molecular formula is C22H20N4OS. The van der Waals surface area contributed by atoms with Crippen molar-refractivity contribution in [3.63, 3.8) is 0 Å². The van der Waals surface area contributed by atoms with Crippen molar-refractivity contribution in [3.8, 4) is 10.6 Å². The molecule has 1 amide bonds. The van der Waals surface area contributed by atoms with Crippen LogP contribution in [0.3, 0.4) is 0 Å². The summed E-state index contributed by atoms with van der Waals surface area (Å²) in [7, 11) is 1.90. The Balaban J connectivity index is 1.28. The summed E-state index contributed by atoms with van der Waals surface area (Å²) in [6.07, 6.45) is 4.74. The molecule has 4 aromatic rings. The Hall–Kier alpha value is -2.99. The highest BCUT2D eigenvalue weighted by molar-refractivity contribution is 7.21. The quantitative estimate of drug-likeness (QED) is 0.549. The summed E-state index contributed by atoms with van der Waals surface area (Å²) in [6, 6.07) is 14.3. The normalized spacial score (nSPS) is 18.4. The minimum atomic E-state index is 0.0383. The van der Waals surface area contributed by atoms with Crippen LogP contribution in [0.4, 0.5) is 5.69 Å².